The number of likely N-dealkylation sites (N-methyl/N-ethyl adjacent to an activating group) is 1. The Hall–Kier alpha value is -1.28. The fourth-order valence-electron chi connectivity index (χ4n) is 1.71. The minimum Gasteiger partial charge on any atom is -0.387 e. The smallest absolute Gasteiger partial charge is 0.243 e. The Morgan fingerprint density at radius 2 is 1.95 bits per heavy atom. The van der Waals surface area contributed by atoms with E-state index >= 15 is 0 Å². The van der Waals surface area contributed by atoms with Crippen LogP contribution in [0.5, 0.6) is 0 Å². The fraction of sp³-hybridized carbons (Fsp3) is 0.231. The second kappa shape index (κ2) is 6.01. The van der Waals surface area contributed by atoms with Gasteiger partial charge in [-0.2, -0.15) is 15.6 Å². The Kier molecular flexibility index (Phi) is 4.54. The summed E-state index contributed by atoms with van der Waals surface area (Å²) in [5.41, 5.74) is 0.471. The largest absolute Gasteiger partial charge is 0.387 e. The molecule has 1 aromatic carbocycles. The molecule has 0 spiro atoms. The van der Waals surface area contributed by atoms with Crippen molar-refractivity contribution in [2.45, 2.75) is 11.0 Å². The molecule has 0 aliphatic rings. The van der Waals surface area contributed by atoms with Crippen LogP contribution >= 0.6 is 11.3 Å². The first-order chi connectivity index (χ1) is 9.41. The van der Waals surface area contributed by atoms with Crippen molar-refractivity contribution in [3.63, 3.8) is 0 Å². The number of sulfonamides is 1. The van der Waals surface area contributed by atoms with Crippen molar-refractivity contribution in [2.24, 2.45) is 0 Å². The third kappa shape index (κ3) is 3.24. The van der Waals surface area contributed by atoms with Crippen molar-refractivity contribution in [1.29, 1.82) is 0 Å². The summed E-state index contributed by atoms with van der Waals surface area (Å²) in [6, 6.07) is 6.84. The molecule has 0 bridgehead atoms. The quantitative estimate of drug-likeness (QED) is 0.920. The molecular formula is C13H14FNO3S2. The van der Waals surface area contributed by atoms with Crippen LogP contribution in [0.2, 0.25) is 0 Å². The summed E-state index contributed by atoms with van der Waals surface area (Å²) in [7, 11) is -2.19. The van der Waals surface area contributed by atoms with Crippen LogP contribution in [-0.4, -0.2) is 31.4 Å². The lowest BCUT2D eigenvalue weighted by Gasteiger charge is -2.20. The van der Waals surface area contributed by atoms with Crippen molar-refractivity contribution in [2.75, 3.05) is 13.6 Å². The highest BCUT2D eigenvalue weighted by Gasteiger charge is 2.23. The molecule has 0 saturated carbocycles. The second-order valence-electron chi connectivity index (χ2n) is 4.31. The zero-order chi connectivity index (χ0) is 14.8. The zero-order valence-electron chi connectivity index (χ0n) is 10.7. The summed E-state index contributed by atoms with van der Waals surface area (Å²) < 4.78 is 38.2. The van der Waals surface area contributed by atoms with Gasteiger partial charge in [0.15, 0.2) is 0 Å². The van der Waals surface area contributed by atoms with Crippen molar-refractivity contribution in [1.82, 2.24) is 4.31 Å². The molecule has 108 valence electrons. The third-order valence-electron chi connectivity index (χ3n) is 2.89. The average molecular weight is 315 g/mol. The Morgan fingerprint density at radius 1 is 1.30 bits per heavy atom. The number of rotatable bonds is 5. The van der Waals surface area contributed by atoms with Crippen LogP contribution in [0.15, 0.2) is 46.0 Å². The molecule has 0 amide bonds. The van der Waals surface area contributed by atoms with Gasteiger partial charge in [0.25, 0.3) is 0 Å². The third-order valence-corrected chi connectivity index (χ3v) is 5.54. The van der Waals surface area contributed by atoms with Gasteiger partial charge in [0.05, 0.1) is 11.0 Å². The van der Waals surface area contributed by atoms with Gasteiger partial charge >= 0.3 is 0 Å². The highest BCUT2D eigenvalue weighted by atomic mass is 32.2. The molecule has 0 aliphatic heterocycles. The van der Waals surface area contributed by atoms with Crippen LogP contribution in [0.3, 0.4) is 0 Å². The van der Waals surface area contributed by atoms with E-state index in [0.717, 1.165) is 4.31 Å². The minimum atomic E-state index is -3.60. The first-order valence-electron chi connectivity index (χ1n) is 5.83. The van der Waals surface area contributed by atoms with Crippen LogP contribution in [0.1, 0.15) is 11.7 Å². The molecule has 1 N–H and O–H groups in total. The predicted molar refractivity (Wildman–Crippen MR) is 75.5 cm³/mol. The lowest BCUT2D eigenvalue weighted by Crippen LogP contribution is -2.31. The topological polar surface area (TPSA) is 57.6 Å². The summed E-state index contributed by atoms with van der Waals surface area (Å²) >= 11 is 1.29. The maximum absolute atomic E-state index is 12.8. The van der Waals surface area contributed by atoms with Gasteiger partial charge in [-0.15, -0.1) is 0 Å². The number of nitrogens with zero attached hydrogens (tertiary/aromatic N) is 1. The molecule has 0 saturated heterocycles. The SMILES string of the molecule is CN(CC(O)c1ccc(F)cc1)S(=O)(=O)c1ccsc1. The molecule has 0 fully saturated rings. The predicted octanol–water partition coefficient (Wildman–Crippen LogP) is 2.24. The standard InChI is InChI=1S/C13H14FNO3S2/c1-15(20(17,18)12-6-7-19-9-12)8-13(16)10-2-4-11(14)5-3-10/h2-7,9,13,16H,8H2,1H3. The van der Waals surface area contributed by atoms with E-state index in [-0.39, 0.29) is 11.4 Å². The summed E-state index contributed by atoms with van der Waals surface area (Å²) in [6.45, 7) is -0.0934. The van der Waals surface area contributed by atoms with Crippen molar-refractivity contribution in [3.8, 4) is 0 Å². The van der Waals surface area contributed by atoms with Crippen molar-refractivity contribution >= 4 is 21.4 Å². The summed E-state index contributed by atoms with van der Waals surface area (Å²) in [6.07, 6.45) is -1.01. The van der Waals surface area contributed by atoms with Gasteiger partial charge in [-0.1, -0.05) is 12.1 Å². The Balaban J connectivity index is 2.11. The molecule has 0 aliphatic carbocycles. The second-order valence-corrected chi connectivity index (χ2v) is 7.14. The summed E-state index contributed by atoms with van der Waals surface area (Å²) in [4.78, 5) is 0.205. The van der Waals surface area contributed by atoms with Gasteiger partial charge < -0.3 is 5.11 Å². The Bertz CT molecular complexity index is 653. The molecule has 1 unspecified atom stereocenters. The van der Waals surface area contributed by atoms with Gasteiger partial charge in [0.1, 0.15) is 5.82 Å². The van der Waals surface area contributed by atoms with E-state index in [2.05, 4.69) is 0 Å². The molecule has 2 aromatic rings. The number of hydrogen-bond acceptors (Lipinski definition) is 4. The Labute approximate surface area is 121 Å². The minimum absolute atomic E-state index is 0.0934. The van der Waals surface area contributed by atoms with Gasteiger partial charge in [-0.3, -0.25) is 0 Å². The number of aliphatic hydroxyl groups is 1. The lowest BCUT2D eigenvalue weighted by atomic mass is 10.1. The molecule has 2 rings (SSSR count). The maximum Gasteiger partial charge on any atom is 0.243 e. The van der Waals surface area contributed by atoms with Gasteiger partial charge in [-0.25, -0.2) is 12.8 Å². The molecule has 1 heterocycles. The van der Waals surface area contributed by atoms with Crippen LogP contribution in [0, 0.1) is 5.82 Å². The number of halogens is 1. The number of aliphatic hydroxyl groups excluding tert-OH is 1. The fourth-order valence-corrected chi connectivity index (χ4v) is 3.90. The van der Waals surface area contributed by atoms with Gasteiger partial charge in [0, 0.05) is 19.0 Å². The number of thiophene rings is 1. The van der Waals surface area contributed by atoms with E-state index in [1.54, 1.807) is 5.38 Å². The molecule has 4 nitrogen and oxygen atoms in total. The molecule has 7 heteroatoms. The summed E-state index contributed by atoms with van der Waals surface area (Å²) in [5, 5.41) is 13.2. The van der Waals surface area contributed by atoms with E-state index < -0.39 is 21.9 Å². The van der Waals surface area contributed by atoms with E-state index in [0.29, 0.717) is 5.56 Å². The van der Waals surface area contributed by atoms with E-state index in [9.17, 15) is 17.9 Å². The first kappa shape index (κ1) is 15.1. The van der Waals surface area contributed by atoms with Crippen molar-refractivity contribution < 1.29 is 17.9 Å². The number of hydrogen-bond donors (Lipinski definition) is 1. The first-order valence-corrected chi connectivity index (χ1v) is 8.21. The summed E-state index contributed by atoms with van der Waals surface area (Å²) in [5.74, 6) is -0.403. The normalized spacial score (nSPS) is 13.6. The number of benzene rings is 1. The molecule has 1 aromatic heterocycles. The van der Waals surface area contributed by atoms with Crippen molar-refractivity contribution in [3.05, 3.63) is 52.5 Å². The highest BCUT2D eigenvalue weighted by molar-refractivity contribution is 7.89. The monoisotopic (exact) mass is 315 g/mol. The highest BCUT2D eigenvalue weighted by Crippen LogP contribution is 2.21. The van der Waals surface area contributed by atoms with E-state index in [1.807, 2.05) is 0 Å². The molecule has 0 radical (unpaired) electrons. The van der Waals surface area contributed by atoms with Crippen LogP contribution < -0.4 is 0 Å². The van der Waals surface area contributed by atoms with E-state index in [4.69, 9.17) is 0 Å². The Morgan fingerprint density at radius 3 is 2.50 bits per heavy atom. The molecule has 20 heavy (non-hydrogen) atoms. The lowest BCUT2D eigenvalue weighted by molar-refractivity contribution is 0.155. The van der Waals surface area contributed by atoms with Crippen LogP contribution in [0.25, 0.3) is 0 Å². The maximum atomic E-state index is 12.8. The van der Waals surface area contributed by atoms with Crippen LogP contribution in [-0.2, 0) is 10.0 Å². The van der Waals surface area contributed by atoms with Gasteiger partial charge in [-0.05, 0) is 29.1 Å². The van der Waals surface area contributed by atoms with Crippen LogP contribution in [0.4, 0.5) is 4.39 Å². The zero-order valence-corrected chi connectivity index (χ0v) is 12.4. The molecular weight excluding hydrogens is 301 g/mol. The molecule has 1 atom stereocenters. The van der Waals surface area contributed by atoms with E-state index in [1.165, 1.54) is 54.1 Å². The average Bonchev–Trinajstić information content (AvgIpc) is 2.93. The van der Waals surface area contributed by atoms with Gasteiger partial charge in [0.2, 0.25) is 10.0 Å².